The van der Waals surface area contributed by atoms with Gasteiger partial charge < -0.3 is 0 Å². The van der Waals surface area contributed by atoms with Crippen LogP contribution >= 0.6 is 0 Å². The number of allylic oxidation sites excluding steroid dienone is 5. The molecule has 0 radical (unpaired) electrons. The van der Waals surface area contributed by atoms with Crippen LogP contribution < -0.4 is 0 Å². The molecule has 0 unspecified atom stereocenters. The van der Waals surface area contributed by atoms with Gasteiger partial charge in [0, 0.05) is 0 Å². The van der Waals surface area contributed by atoms with Gasteiger partial charge in [0.15, 0.2) is 0 Å². The summed E-state index contributed by atoms with van der Waals surface area (Å²) in [5.74, 6) is 0. The van der Waals surface area contributed by atoms with Crippen LogP contribution in [0, 0.1) is 0 Å². The minimum atomic E-state index is 0.836. The van der Waals surface area contributed by atoms with Crippen LogP contribution in [0.25, 0.3) is 0 Å². The summed E-state index contributed by atoms with van der Waals surface area (Å²) in [4.78, 5) is 2.34. The predicted molar refractivity (Wildman–Crippen MR) is 49.5 cm³/mol. The van der Waals surface area contributed by atoms with Crippen LogP contribution in [0.5, 0.6) is 0 Å². The Morgan fingerprint density at radius 2 is 1.90 bits per heavy atom. The van der Waals surface area contributed by atoms with Gasteiger partial charge in [-0.3, -0.25) is 0 Å². The van der Waals surface area contributed by atoms with Crippen molar-refractivity contribution < 1.29 is 0 Å². The summed E-state index contributed by atoms with van der Waals surface area (Å²) in [7, 11) is 0. The Hall–Kier alpha value is 0.778. The van der Waals surface area contributed by atoms with Crippen molar-refractivity contribution in [2.24, 2.45) is 0 Å². The summed E-state index contributed by atoms with van der Waals surface area (Å²) in [5, 5.41) is 1.34. The van der Waals surface area contributed by atoms with Gasteiger partial charge in [-0.25, -0.2) is 0 Å². The number of hydrogen-bond donors (Lipinski definition) is 0. The normalized spacial score (nSPS) is 28.8. The van der Waals surface area contributed by atoms with Gasteiger partial charge in [-0.2, -0.15) is 0 Å². The van der Waals surface area contributed by atoms with E-state index in [4.69, 9.17) is 0 Å². The van der Waals surface area contributed by atoms with Gasteiger partial charge in [-0.15, -0.1) is 0 Å². The van der Waals surface area contributed by atoms with Crippen LogP contribution in [0.2, 0.25) is 5.32 Å². The second kappa shape index (κ2) is 6.49. The summed E-state index contributed by atoms with van der Waals surface area (Å²) in [6, 6.07) is 0. The zero-order valence-electron chi connectivity index (χ0n) is 5.40. The first-order valence-electron chi connectivity index (χ1n) is 2.93. The van der Waals surface area contributed by atoms with Gasteiger partial charge in [0.1, 0.15) is 0 Å². The van der Waals surface area contributed by atoms with Crippen LogP contribution in [-0.2, 0) is 0 Å². The molecule has 0 atom stereocenters. The molecule has 10 heavy (non-hydrogen) atoms. The van der Waals surface area contributed by atoms with Crippen LogP contribution in [0.1, 0.15) is 0 Å². The molecule has 0 bridgehead atoms. The molecule has 0 aliphatic carbocycles. The zero-order chi connectivity index (χ0) is 7.07. The van der Waals surface area contributed by atoms with E-state index in [1.165, 1.54) is 5.32 Å². The maximum absolute atomic E-state index is 2.34. The quantitative estimate of drug-likeness (QED) is 0.582. The Kier molecular flexibility index (Phi) is 5.75. The molecule has 1 heterocycles. The Bertz CT molecular complexity index is 140. The average molecular weight is 329 g/mol. The molecule has 1 rings (SSSR count). The van der Waals surface area contributed by atoms with E-state index in [9.17, 15) is 0 Å². The molecular weight excluding hydrogens is 321 g/mol. The Labute approximate surface area is 77.8 Å². The fourth-order valence-electron chi connectivity index (χ4n) is 0.457. The van der Waals surface area contributed by atoms with Gasteiger partial charge in [-0.1, -0.05) is 0 Å². The van der Waals surface area contributed by atoms with Crippen LogP contribution in [0.4, 0.5) is 0 Å². The molecule has 0 saturated carbocycles. The third-order valence-electron chi connectivity index (χ3n) is 0.855. The first-order valence-corrected chi connectivity index (χ1v) is 13.8. The molecule has 1 aliphatic heterocycles. The van der Waals surface area contributed by atoms with E-state index >= 15 is 0 Å². The van der Waals surface area contributed by atoms with Gasteiger partial charge in [-0.05, 0) is 0 Å². The van der Waals surface area contributed by atoms with Crippen molar-refractivity contribution in [3.05, 3.63) is 35.4 Å². The van der Waals surface area contributed by atoms with Crippen molar-refractivity contribution in [1.29, 1.82) is 0 Å². The molecule has 0 saturated heterocycles. The van der Waals surface area contributed by atoms with Crippen molar-refractivity contribution in [2.45, 2.75) is 5.32 Å². The topological polar surface area (TPSA) is 0 Å². The molecule has 0 N–H and O–H groups in total. The molecule has 1 aliphatic rings. The second-order valence-electron chi connectivity index (χ2n) is 1.59. The molecule has 0 spiro atoms. The van der Waals surface area contributed by atoms with E-state index in [0.717, 1.165) is 37.6 Å². The summed E-state index contributed by atoms with van der Waals surface area (Å²) >= 11 is 2.73. The summed E-state index contributed by atoms with van der Waals surface area (Å²) in [6.07, 6.45) is 10.8. The summed E-state index contributed by atoms with van der Waals surface area (Å²) in [5.41, 5.74) is 0. The summed E-state index contributed by atoms with van der Waals surface area (Å²) in [6.45, 7) is 0. The van der Waals surface area contributed by atoms with Gasteiger partial charge in [0.2, 0.25) is 0 Å². The van der Waals surface area contributed by atoms with Crippen LogP contribution in [0.3, 0.4) is 0 Å². The SMILES string of the molecule is C1=C\C=C\C[Se][Se][Se]\C=C/1. The molecule has 0 nitrogen and oxygen atoms in total. The molecular formula is C7H8Se3. The van der Waals surface area contributed by atoms with E-state index < -0.39 is 0 Å². The second-order valence-corrected chi connectivity index (χ2v) is 17.9. The first kappa shape index (κ1) is 8.87. The summed E-state index contributed by atoms with van der Waals surface area (Å²) < 4.78 is 0. The molecule has 0 aromatic rings. The van der Waals surface area contributed by atoms with E-state index in [2.05, 4.69) is 35.4 Å². The standard InChI is InChI=1S/C7H8Se3/c1-2-4-6-8-10-9-7-5-3-1/h1-6H,7H2/b2-1-,5-3+,6-4-. The van der Waals surface area contributed by atoms with Gasteiger partial charge in [0.25, 0.3) is 0 Å². The molecule has 3 heteroatoms. The zero-order valence-corrected chi connectivity index (χ0v) is 10.5. The Morgan fingerprint density at radius 1 is 1.00 bits per heavy atom. The van der Waals surface area contributed by atoms with Crippen molar-refractivity contribution in [3.63, 3.8) is 0 Å². The van der Waals surface area contributed by atoms with Crippen molar-refractivity contribution in [1.82, 2.24) is 0 Å². The maximum atomic E-state index is 2.34. The third kappa shape index (κ3) is 4.57. The van der Waals surface area contributed by atoms with Crippen molar-refractivity contribution in [3.8, 4) is 0 Å². The predicted octanol–water partition coefficient (Wildman–Crippen LogP) is 0.987. The monoisotopic (exact) mass is 332 g/mol. The van der Waals surface area contributed by atoms with E-state index in [0.29, 0.717) is 0 Å². The molecule has 0 aromatic heterocycles. The molecule has 54 valence electrons. The fourth-order valence-corrected chi connectivity index (χ4v) is 13.6. The third-order valence-corrected chi connectivity index (χ3v) is 17.0. The van der Waals surface area contributed by atoms with Crippen molar-refractivity contribution in [2.75, 3.05) is 0 Å². The molecule has 0 fully saturated rings. The van der Waals surface area contributed by atoms with Crippen molar-refractivity contribution >= 4 is 37.6 Å². The van der Waals surface area contributed by atoms with Crippen LogP contribution in [0.15, 0.2) is 35.4 Å². The molecule has 0 amide bonds. The fraction of sp³-hybridized carbons (Fsp3) is 0.143. The van der Waals surface area contributed by atoms with E-state index in [1.54, 1.807) is 0 Å². The molecule has 0 aromatic carbocycles. The van der Waals surface area contributed by atoms with Gasteiger partial charge in [0.05, 0.1) is 0 Å². The van der Waals surface area contributed by atoms with Gasteiger partial charge >= 0.3 is 78.2 Å². The first-order chi connectivity index (χ1) is 5.00. The van der Waals surface area contributed by atoms with E-state index in [-0.39, 0.29) is 0 Å². The van der Waals surface area contributed by atoms with Crippen LogP contribution in [-0.4, -0.2) is 37.6 Å². The van der Waals surface area contributed by atoms with E-state index in [1.807, 2.05) is 0 Å². The average Bonchev–Trinajstić information content (AvgIpc) is 2.01. The number of rotatable bonds is 0. The number of hydrogen-bond acceptors (Lipinski definition) is 0. The Morgan fingerprint density at radius 3 is 2.90 bits per heavy atom. The minimum absolute atomic E-state index is 0.836. The Balaban J connectivity index is 2.40.